The van der Waals surface area contributed by atoms with Crippen molar-refractivity contribution in [2.75, 3.05) is 6.61 Å². The highest BCUT2D eigenvalue weighted by Gasteiger charge is 2.41. The van der Waals surface area contributed by atoms with Crippen molar-refractivity contribution < 1.29 is 49.4 Å². The largest absolute Gasteiger partial charge is 0.480 e. The van der Waals surface area contributed by atoms with Crippen molar-refractivity contribution in [2.45, 2.75) is 63.4 Å². The van der Waals surface area contributed by atoms with Crippen LogP contribution in [-0.4, -0.2) is 96.3 Å². The summed E-state index contributed by atoms with van der Waals surface area (Å²) in [5, 5.41) is 47.6. The molecule has 1 unspecified atom stereocenters. The fraction of sp³-hybridized carbons (Fsp3) is 0.407. The molecule has 0 spiro atoms. The van der Waals surface area contributed by atoms with E-state index in [1.165, 1.54) is 6.20 Å². The standard InChI is InChI=1S/C16H20N2O4.C6H6N2O.C5H10O5/c1-16(2,3)22-15(21)18-13(14(19)20)8-10-9-17-12-7-5-4-6-11(10)12;7-6(9)5-2-1-3-8-4-5;6-1-2-3(7)4(8)5(9)10-2/h4-7,9,13,17H,8H2,1-3H3,(H,18,21)(H,19,20);1-4H,(H2,7,9);2-9H,1H2/t13-;;2-,3-,4-,5?/m0.1/s1. The number of hydrogen-bond acceptors (Lipinski definition) is 10. The summed E-state index contributed by atoms with van der Waals surface area (Å²) in [6, 6.07) is 9.85. The number of carbonyl (C=O) groups excluding carboxylic acids is 2. The van der Waals surface area contributed by atoms with Crippen molar-refractivity contribution in [1.29, 1.82) is 0 Å². The smallest absolute Gasteiger partial charge is 0.408 e. The molecule has 0 radical (unpaired) electrons. The number of carboxylic acids is 1. The Balaban J connectivity index is 0.000000254. The van der Waals surface area contributed by atoms with Gasteiger partial charge in [-0.1, -0.05) is 18.2 Å². The van der Waals surface area contributed by atoms with Gasteiger partial charge in [0.2, 0.25) is 5.91 Å². The van der Waals surface area contributed by atoms with Gasteiger partial charge < -0.3 is 51.0 Å². The number of pyridine rings is 1. The number of carbonyl (C=O) groups is 3. The Morgan fingerprint density at radius 3 is 2.27 bits per heavy atom. The molecule has 1 fully saturated rings. The summed E-state index contributed by atoms with van der Waals surface area (Å²) >= 11 is 0. The lowest BCUT2D eigenvalue weighted by atomic mass is 10.1. The minimum Gasteiger partial charge on any atom is -0.480 e. The number of fused-ring (bicyclic) bond motifs is 1. The molecular weight excluding hydrogens is 540 g/mol. The maximum absolute atomic E-state index is 11.8. The van der Waals surface area contributed by atoms with E-state index in [2.05, 4.69) is 20.0 Å². The zero-order valence-electron chi connectivity index (χ0n) is 22.8. The first-order valence-corrected chi connectivity index (χ1v) is 12.5. The Morgan fingerprint density at radius 2 is 1.80 bits per heavy atom. The molecule has 3 heterocycles. The molecule has 14 nitrogen and oxygen atoms in total. The number of primary amides is 1. The summed E-state index contributed by atoms with van der Waals surface area (Å²) in [7, 11) is 0. The van der Waals surface area contributed by atoms with E-state index >= 15 is 0 Å². The van der Waals surface area contributed by atoms with Gasteiger partial charge in [0.15, 0.2) is 6.29 Å². The van der Waals surface area contributed by atoms with Crippen LogP contribution >= 0.6 is 0 Å². The summed E-state index contributed by atoms with van der Waals surface area (Å²) in [5.41, 5.74) is 6.47. The fourth-order valence-electron chi connectivity index (χ4n) is 3.56. The lowest BCUT2D eigenvalue weighted by molar-refractivity contribution is -0.139. The van der Waals surface area contributed by atoms with Crippen molar-refractivity contribution in [1.82, 2.24) is 15.3 Å². The van der Waals surface area contributed by atoms with Crippen LogP contribution in [0.15, 0.2) is 55.0 Å². The highest BCUT2D eigenvalue weighted by atomic mass is 16.6. The molecule has 1 aliphatic rings. The molecule has 0 saturated carbocycles. The molecule has 2 amide bonds. The number of amides is 2. The third-order valence-electron chi connectivity index (χ3n) is 5.55. The first kappa shape index (κ1) is 33.1. The number of aliphatic carboxylic acids is 1. The molecule has 1 saturated heterocycles. The predicted octanol–water partition coefficient (Wildman–Crippen LogP) is 0.287. The Kier molecular flexibility index (Phi) is 12.2. The Labute approximate surface area is 235 Å². The number of nitrogens with zero attached hydrogens (tertiary/aromatic N) is 1. The summed E-state index contributed by atoms with van der Waals surface area (Å²) in [5.74, 6) is -1.54. The fourth-order valence-corrected chi connectivity index (χ4v) is 3.56. The maximum Gasteiger partial charge on any atom is 0.408 e. The average molecular weight is 577 g/mol. The number of aliphatic hydroxyl groups is 4. The molecule has 5 atom stereocenters. The third kappa shape index (κ3) is 10.4. The number of aromatic nitrogens is 2. The first-order valence-electron chi connectivity index (χ1n) is 12.5. The summed E-state index contributed by atoms with van der Waals surface area (Å²) in [6.07, 6.45) is -0.529. The van der Waals surface area contributed by atoms with Crippen LogP contribution in [0.25, 0.3) is 10.9 Å². The van der Waals surface area contributed by atoms with Gasteiger partial charge in [-0.05, 0) is 44.5 Å². The molecule has 224 valence electrons. The number of aliphatic hydroxyl groups excluding tert-OH is 4. The van der Waals surface area contributed by atoms with Gasteiger partial charge >= 0.3 is 12.1 Å². The molecule has 2 aromatic heterocycles. The van der Waals surface area contributed by atoms with Crippen LogP contribution in [0.1, 0.15) is 36.7 Å². The van der Waals surface area contributed by atoms with Crippen LogP contribution in [-0.2, 0) is 20.7 Å². The molecule has 3 aromatic rings. The monoisotopic (exact) mass is 576 g/mol. The van der Waals surface area contributed by atoms with Crippen LogP contribution < -0.4 is 11.1 Å². The van der Waals surface area contributed by atoms with Crippen molar-refractivity contribution in [3.63, 3.8) is 0 Å². The molecule has 0 bridgehead atoms. The van der Waals surface area contributed by atoms with E-state index < -0.39 is 60.8 Å². The topological polar surface area (TPSA) is 238 Å². The van der Waals surface area contributed by atoms with Gasteiger partial charge in [0.05, 0.1) is 12.2 Å². The molecule has 9 N–H and O–H groups in total. The third-order valence-corrected chi connectivity index (χ3v) is 5.55. The van der Waals surface area contributed by atoms with E-state index in [9.17, 15) is 19.5 Å². The number of benzene rings is 1. The van der Waals surface area contributed by atoms with Crippen LogP contribution in [0.3, 0.4) is 0 Å². The van der Waals surface area contributed by atoms with Crippen molar-refractivity contribution in [2.24, 2.45) is 5.73 Å². The number of rotatable bonds is 6. The lowest BCUT2D eigenvalue weighted by Gasteiger charge is -2.21. The number of alkyl carbamates (subject to hydrolysis) is 1. The zero-order chi connectivity index (χ0) is 30.7. The van der Waals surface area contributed by atoms with E-state index in [0.29, 0.717) is 5.56 Å². The van der Waals surface area contributed by atoms with Gasteiger partial charge in [-0.3, -0.25) is 9.78 Å². The number of ether oxygens (including phenoxy) is 2. The van der Waals surface area contributed by atoms with E-state index in [4.69, 9.17) is 30.9 Å². The van der Waals surface area contributed by atoms with Gasteiger partial charge in [0.1, 0.15) is 30.0 Å². The normalized spacial score (nSPS) is 20.6. The van der Waals surface area contributed by atoms with Crippen LogP contribution in [0.2, 0.25) is 0 Å². The van der Waals surface area contributed by atoms with Gasteiger partial charge in [-0.2, -0.15) is 0 Å². The van der Waals surface area contributed by atoms with E-state index in [1.807, 2.05) is 24.3 Å². The SMILES string of the molecule is CC(C)(C)OC(=O)N[C@@H](Cc1c[nH]c2ccccc12)C(=O)O.NC(=O)c1cccnc1.OC[C@H]1OC(O)[C@H](O)[C@@H]1O. The minimum absolute atomic E-state index is 0.179. The maximum atomic E-state index is 11.8. The number of para-hydroxylation sites is 1. The van der Waals surface area contributed by atoms with Crippen LogP contribution in [0, 0.1) is 0 Å². The second-order valence-electron chi connectivity index (χ2n) is 9.94. The summed E-state index contributed by atoms with van der Waals surface area (Å²) in [6.45, 7) is 4.77. The van der Waals surface area contributed by atoms with E-state index in [-0.39, 0.29) is 6.42 Å². The highest BCUT2D eigenvalue weighted by molar-refractivity contribution is 5.92. The molecule has 1 aliphatic heterocycles. The molecule has 1 aromatic carbocycles. The molecular formula is C27H36N4O10. The zero-order valence-corrected chi connectivity index (χ0v) is 22.8. The summed E-state index contributed by atoms with van der Waals surface area (Å²) < 4.78 is 9.64. The molecule has 0 aliphatic carbocycles. The molecule has 14 heteroatoms. The quantitative estimate of drug-likeness (QED) is 0.198. The van der Waals surface area contributed by atoms with Gasteiger partial charge in [0, 0.05) is 35.9 Å². The van der Waals surface area contributed by atoms with Gasteiger partial charge in [-0.15, -0.1) is 0 Å². The second kappa shape index (κ2) is 15.1. The molecule has 4 rings (SSSR count). The van der Waals surface area contributed by atoms with E-state index in [0.717, 1.165) is 16.5 Å². The predicted molar refractivity (Wildman–Crippen MR) is 146 cm³/mol. The van der Waals surface area contributed by atoms with Gasteiger partial charge in [-0.25, -0.2) is 9.59 Å². The minimum atomic E-state index is -1.38. The van der Waals surface area contributed by atoms with E-state index in [1.54, 1.807) is 45.3 Å². The molecule has 41 heavy (non-hydrogen) atoms. The van der Waals surface area contributed by atoms with Crippen LogP contribution in [0.5, 0.6) is 0 Å². The number of carboxylic acid groups (broad SMARTS) is 1. The second-order valence-corrected chi connectivity index (χ2v) is 9.94. The Hall–Kier alpha value is -4.08. The van der Waals surface area contributed by atoms with Crippen molar-refractivity contribution >= 4 is 28.9 Å². The Morgan fingerprint density at radius 1 is 1.12 bits per heavy atom. The van der Waals surface area contributed by atoms with Crippen molar-refractivity contribution in [3.8, 4) is 0 Å². The Bertz CT molecular complexity index is 1280. The van der Waals surface area contributed by atoms with Crippen molar-refractivity contribution in [3.05, 3.63) is 66.1 Å². The number of nitrogens with two attached hydrogens (primary N) is 1. The first-order chi connectivity index (χ1) is 19.2. The van der Waals surface area contributed by atoms with Gasteiger partial charge in [0.25, 0.3) is 0 Å². The summed E-state index contributed by atoms with van der Waals surface area (Å²) in [4.78, 5) is 40.3. The number of aromatic amines is 1. The number of nitrogens with one attached hydrogen (secondary N) is 2. The lowest BCUT2D eigenvalue weighted by Crippen LogP contribution is -2.44. The number of hydrogen-bond donors (Lipinski definition) is 8. The van der Waals surface area contributed by atoms with Crippen LogP contribution in [0.4, 0.5) is 4.79 Å². The number of H-pyrrole nitrogens is 1. The highest BCUT2D eigenvalue weighted by Crippen LogP contribution is 2.20. The average Bonchev–Trinajstić information content (AvgIpc) is 3.43.